The van der Waals surface area contributed by atoms with E-state index in [9.17, 15) is 19.8 Å². The summed E-state index contributed by atoms with van der Waals surface area (Å²) in [6, 6.07) is 3.19. The van der Waals surface area contributed by atoms with Crippen LogP contribution in [-0.2, 0) is 9.59 Å². The number of aliphatic carboxylic acids is 2. The summed E-state index contributed by atoms with van der Waals surface area (Å²) in [6.07, 6.45) is 6.08. The first-order chi connectivity index (χ1) is 18.9. The average molecular weight is 621 g/mol. The lowest BCUT2D eigenvalue weighted by Gasteiger charge is -2.28. The third-order valence-electron chi connectivity index (χ3n) is 13.0. The fourth-order valence-electron chi connectivity index (χ4n) is 9.84. The van der Waals surface area contributed by atoms with Gasteiger partial charge in [0.15, 0.2) is 0 Å². The molecule has 5 fully saturated rings. The van der Waals surface area contributed by atoms with Gasteiger partial charge in [-0.1, -0.05) is 56.4 Å². The normalized spacial score (nSPS) is 46.1. The summed E-state index contributed by atoms with van der Waals surface area (Å²) in [5.74, 6) is 2.50. The molecule has 6 radical (unpaired) electrons. The Morgan fingerprint density at radius 3 is 1.00 bits per heavy atom. The van der Waals surface area contributed by atoms with Crippen molar-refractivity contribution in [2.45, 2.75) is 156 Å². The zero-order valence-corrected chi connectivity index (χ0v) is 26.8. The van der Waals surface area contributed by atoms with Gasteiger partial charge in [0, 0.05) is 80.9 Å². The second-order valence-corrected chi connectivity index (χ2v) is 14.8. The summed E-state index contributed by atoms with van der Waals surface area (Å²) in [7, 11) is 0. The minimum Gasteiger partial charge on any atom is -0.481 e. The van der Waals surface area contributed by atoms with Crippen LogP contribution in [-0.4, -0.2) is 87.3 Å². The first kappa shape index (κ1) is 40.9. The highest BCUT2D eigenvalue weighted by atomic mass is 16.4. The van der Waals surface area contributed by atoms with E-state index in [1.54, 1.807) is 0 Å². The zero-order chi connectivity index (χ0) is 28.9. The lowest BCUT2D eigenvalue weighted by atomic mass is 9.77. The van der Waals surface area contributed by atoms with E-state index in [1.165, 1.54) is 6.42 Å². The number of carboxylic acid groups (broad SMARTS) is 2. The van der Waals surface area contributed by atoms with Crippen LogP contribution in [0.4, 0.5) is 0 Å². The Morgan fingerprint density at radius 2 is 0.727 bits per heavy atom. The van der Waals surface area contributed by atoms with Crippen LogP contribution in [0.15, 0.2) is 0 Å². The monoisotopic (exact) mass is 621 g/mol. The van der Waals surface area contributed by atoms with Crippen molar-refractivity contribution in [1.82, 2.24) is 21.3 Å². The third kappa shape index (κ3) is 8.24. The summed E-state index contributed by atoms with van der Waals surface area (Å²) in [6.45, 7) is 14.4. The molecule has 5 heterocycles. The van der Waals surface area contributed by atoms with Gasteiger partial charge in [0.25, 0.3) is 0 Å². The SMILES string of the molecule is C.C.CC1C2CC3NC(CC4NC(CC5NC(CC(N2)C1C)C(C)C5CCC(=O)O)C(CCC(=O)O)C4C)C(C)C3C.[2HH].[2HH].[B].[B]. The average Bonchev–Trinajstić information content (AvgIpc) is 3.53. The van der Waals surface area contributed by atoms with E-state index < -0.39 is 11.9 Å². The molecule has 44 heavy (non-hydrogen) atoms. The molecule has 6 N–H and O–H groups in total. The quantitative estimate of drug-likeness (QED) is 0.237. The van der Waals surface area contributed by atoms with E-state index in [1.807, 2.05) is 0 Å². The Bertz CT molecular complexity index is 872. The molecule has 0 amide bonds. The smallest absolute Gasteiger partial charge is 0.303 e. The van der Waals surface area contributed by atoms with Gasteiger partial charge in [0.05, 0.1) is 0 Å². The van der Waals surface area contributed by atoms with Gasteiger partial charge >= 0.3 is 11.9 Å². The molecule has 16 unspecified atom stereocenters. The highest BCUT2D eigenvalue weighted by Crippen LogP contribution is 2.44. The number of carbonyl (C=O) groups is 2. The molecule has 0 aromatic carbocycles. The van der Waals surface area contributed by atoms with E-state index in [-0.39, 0.29) is 59.5 Å². The standard InChI is InChI=1S/C32H56N4O4.2CH4.2B.2H2/c1-15-17(3)25-12-27-19(5)21(7-9-31(37)38)29(35-27)14-30-22(8-10-32(39)40)20(6)28(36-30)13-26-18(4)16(2)24(34-26)11-23(15)33-25;;;;;;/h15-30,33-36H,7-14H2,1-6H3,(H,37,38)(H,39,40);2*1H4;;;2*1H/i;;;;;2*1+1. The summed E-state index contributed by atoms with van der Waals surface area (Å²) >= 11 is 0. The van der Waals surface area contributed by atoms with Crippen LogP contribution in [0.1, 0.15) is 111 Å². The van der Waals surface area contributed by atoms with E-state index in [4.69, 9.17) is 0 Å². The predicted molar refractivity (Wildman–Crippen MR) is 186 cm³/mol. The van der Waals surface area contributed by atoms with E-state index in [0.29, 0.717) is 96.4 Å². The third-order valence-corrected chi connectivity index (χ3v) is 13.0. The highest BCUT2D eigenvalue weighted by molar-refractivity contribution is 5.76. The molecular weight excluding hydrogens is 550 g/mol. The lowest BCUT2D eigenvalue weighted by molar-refractivity contribution is -0.138. The van der Waals surface area contributed by atoms with Crippen molar-refractivity contribution in [2.75, 3.05) is 0 Å². The Hall–Kier alpha value is -1.09. The van der Waals surface area contributed by atoms with Gasteiger partial charge in [-0.3, -0.25) is 9.59 Å². The Morgan fingerprint density at radius 1 is 0.500 bits per heavy atom. The molecular formula is C34H68B2N4O4. The number of hydrogen-bond donors (Lipinski definition) is 6. The topological polar surface area (TPSA) is 123 Å². The van der Waals surface area contributed by atoms with Gasteiger partial charge in [-0.25, -0.2) is 0 Å². The summed E-state index contributed by atoms with van der Waals surface area (Å²) in [5, 5.41) is 35.3. The van der Waals surface area contributed by atoms with Gasteiger partial charge in [0.2, 0.25) is 0 Å². The second kappa shape index (κ2) is 16.6. The molecule has 16 atom stereocenters. The van der Waals surface area contributed by atoms with Gasteiger partial charge in [-0.15, -0.1) is 0 Å². The van der Waals surface area contributed by atoms with Crippen molar-refractivity contribution < 1.29 is 22.7 Å². The molecule has 0 spiro atoms. The van der Waals surface area contributed by atoms with Crippen LogP contribution in [0.3, 0.4) is 0 Å². The molecule has 5 saturated heterocycles. The Labute approximate surface area is 275 Å². The second-order valence-electron chi connectivity index (χ2n) is 14.8. The number of nitrogens with one attached hydrogen (secondary N) is 4. The van der Waals surface area contributed by atoms with E-state index in [2.05, 4.69) is 62.8 Å². The van der Waals surface area contributed by atoms with Gasteiger partial charge in [0.1, 0.15) is 0 Å². The van der Waals surface area contributed by atoms with Crippen molar-refractivity contribution in [3.8, 4) is 0 Å². The van der Waals surface area contributed by atoms with Gasteiger partial charge in [-0.2, -0.15) is 0 Å². The predicted octanol–water partition coefficient (Wildman–Crippen LogP) is 4.70. The van der Waals surface area contributed by atoms with Crippen molar-refractivity contribution in [2.24, 2.45) is 47.3 Å². The molecule has 8 nitrogen and oxygen atoms in total. The van der Waals surface area contributed by atoms with E-state index >= 15 is 0 Å². The summed E-state index contributed by atoms with van der Waals surface area (Å²) in [4.78, 5) is 23.2. The highest BCUT2D eigenvalue weighted by Gasteiger charge is 2.50. The van der Waals surface area contributed by atoms with Crippen molar-refractivity contribution in [1.29, 1.82) is 0 Å². The molecule has 0 aromatic rings. The van der Waals surface area contributed by atoms with Crippen LogP contribution < -0.4 is 21.3 Å². The van der Waals surface area contributed by atoms with Crippen molar-refractivity contribution in [3.63, 3.8) is 0 Å². The van der Waals surface area contributed by atoms with Gasteiger partial charge < -0.3 is 31.5 Å². The first-order valence-electron chi connectivity index (χ1n) is 16.4. The number of carboxylic acids is 2. The van der Waals surface area contributed by atoms with Gasteiger partial charge in [-0.05, 0) is 85.9 Å². The first-order valence-corrected chi connectivity index (χ1v) is 16.4. The van der Waals surface area contributed by atoms with Crippen molar-refractivity contribution >= 4 is 28.8 Å². The van der Waals surface area contributed by atoms with Crippen LogP contribution in [0, 0.1) is 47.3 Å². The number of rotatable bonds is 6. The summed E-state index contributed by atoms with van der Waals surface area (Å²) < 4.78 is 0. The van der Waals surface area contributed by atoms with Crippen LogP contribution in [0.5, 0.6) is 0 Å². The fraction of sp³-hybridized carbons (Fsp3) is 0.941. The molecule has 0 saturated carbocycles. The Balaban J connectivity index is 0. The minimum atomic E-state index is -0.714. The maximum atomic E-state index is 11.6. The zero-order valence-electron chi connectivity index (χ0n) is 26.8. The minimum absolute atomic E-state index is 0. The number of hydrogen-bond acceptors (Lipinski definition) is 6. The molecule has 5 rings (SSSR count). The molecule has 0 aromatic heterocycles. The summed E-state index contributed by atoms with van der Waals surface area (Å²) in [5.41, 5.74) is 0. The van der Waals surface area contributed by atoms with E-state index in [0.717, 1.165) is 19.3 Å². The largest absolute Gasteiger partial charge is 0.481 e. The molecule has 8 bridgehead atoms. The molecule has 0 aliphatic carbocycles. The number of fused-ring (bicyclic) bond motifs is 8. The molecule has 5 aliphatic rings. The maximum absolute atomic E-state index is 11.6. The fourth-order valence-corrected chi connectivity index (χ4v) is 9.84. The van der Waals surface area contributed by atoms with Crippen LogP contribution in [0.2, 0.25) is 0 Å². The molecule has 10 heteroatoms. The van der Waals surface area contributed by atoms with Crippen molar-refractivity contribution in [3.05, 3.63) is 0 Å². The van der Waals surface area contributed by atoms with Crippen LogP contribution >= 0.6 is 0 Å². The molecule has 254 valence electrons. The molecule has 5 aliphatic heterocycles. The lowest BCUT2D eigenvalue weighted by Crippen LogP contribution is -2.45. The maximum Gasteiger partial charge on any atom is 0.303 e. The Kier molecular flexibility index (Phi) is 15.5. The van der Waals surface area contributed by atoms with Crippen LogP contribution in [0.25, 0.3) is 0 Å².